The molecule has 0 heterocycles. The Morgan fingerprint density at radius 3 is 2.12 bits per heavy atom. The molecule has 17 heavy (non-hydrogen) atoms. The molecule has 0 unspecified atom stereocenters. The first kappa shape index (κ1) is 13.5. The molecule has 92 valence electrons. The van der Waals surface area contributed by atoms with E-state index in [4.69, 9.17) is 0 Å². The fourth-order valence-electron chi connectivity index (χ4n) is 0.969. The molecular formula is C8H8N2O5S2. The van der Waals surface area contributed by atoms with E-state index in [1.807, 2.05) is 0 Å². The van der Waals surface area contributed by atoms with E-state index in [0.29, 0.717) is 0 Å². The molecule has 0 aliphatic rings. The SMILES string of the molecule is CN(S(=O)(=O)N=C=O)S(=O)(=O)c1ccccc1. The quantitative estimate of drug-likeness (QED) is 0.564. The monoisotopic (exact) mass is 276 g/mol. The van der Waals surface area contributed by atoms with E-state index < -0.39 is 20.2 Å². The Hall–Kier alpha value is -1.54. The van der Waals surface area contributed by atoms with Crippen LogP contribution < -0.4 is 0 Å². The zero-order valence-electron chi connectivity index (χ0n) is 8.64. The average molecular weight is 276 g/mol. The largest absolute Gasteiger partial charge is 0.345 e. The number of sulfonamides is 1. The number of isocyanates is 1. The van der Waals surface area contributed by atoms with Crippen LogP contribution in [-0.4, -0.2) is 33.7 Å². The summed E-state index contributed by atoms with van der Waals surface area (Å²) in [4.78, 5) is 9.68. The lowest BCUT2D eigenvalue weighted by molar-refractivity contribution is 0.525. The highest BCUT2D eigenvalue weighted by Crippen LogP contribution is 2.17. The molecule has 1 rings (SSSR count). The van der Waals surface area contributed by atoms with Crippen molar-refractivity contribution >= 4 is 26.3 Å². The van der Waals surface area contributed by atoms with E-state index in [1.165, 1.54) is 24.3 Å². The van der Waals surface area contributed by atoms with Crippen molar-refractivity contribution in [3.63, 3.8) is 0 Å². The number of nitrogens with zero attached hydrogens (tertiary/aromatic N) is 2. The summed E-state index contributed by atoms with van der Waals surface area (Å²) in [5, 5.41) is 0. The predicted octanol–water partition coefficient (Wildman–Crippen LogP) is -0.112. The van der Waals surface area contributed by atoms with Crippen molar-refractivity contribution in [3.8, 4) is 0 Å². The molecule has 1 aromatic rings. The van der Waals surface area contributed by atoms with E-state index >= 15 is 0 Å². The van der Waals surface area contributed by atoms with Gasteiger partial charge in [-0.2, -0.15) is 8.42 Å². The highest BCUT2D eigenvalue weighted by Gasteiger charge is 2.31. The molecule has 0 fully saturated rings. The van der Waals surface area contributed by atoms with E-state index in [1.54, 1.807) is 6.07 Å². The van der Waals surface area contributed by atoms with E-state index in [-0.39, 0.29) is 8.61 Å². The van der Waals surface area contributed by atoms with Crippen LogP contribution in [0.25, 0.3) is 0 Å². The Kier molecular flexibility index (Phi) is 3.79. The van der Waals surface area contributed by atoms with Gasteiger partial charge in [0.1, 0.15) is 0 Å². The van der Waals surface area contributed by atoms with Crippen LogP contribution in [0.15, 0.2) is 39.6 Å². The van der Waals surface area contributed by atoms with Gasteiger partial charge in [-0.25, -0.2) is 13.2 Å². The lowest BCUT2D eigenvalue weighted by atomic mass is 10.4. The minimum absolute atomic E-state index is 0.0141. The Labute approximate surface area is 98.6 Å². The fourth-order valence-corrected chi connectivity index (χ4v) is 3.33. The second kappa shape index (κ2) is 4.76. The van der Waals surface area contributed by atoms with Crippen LogP contribution in [-0.2, 0) is 25.0 Å². The minimum Gasteiger partial charge on any atom is -0.210 e. The number of benzene rings is 1. The third-order valence-electron chi connectivity index (χ3n) is 1.86. The van der Waals surface area contributed by atoms with Gasteiger partial charge in [0.05, 0.1) is 4.90 Å². The zero-order chi connectivity index (χ0) is 13.1. The van der Waals surface area contributed by atoms with Crippen molar-refractivity contribution in [2.45, 2.75) is 4.90 Å². The first-order chi connectivity index (χ1) is 7.82. The number of hydrogen-bond acceptors (Lipinski definition) is 5. The van der Waals surface area contributed by atoms with Crippen LogP contribution in [0.3, 0.4) is 0 Å². The smallest absolute Gasteiger partial charge is 0.210 e. The zero-order valence-corrected chi connectivity index (χ0v) is 10.3. The highest BCUT2D eigenvalue weighted by atomic mass is 32.3. The standard InChI is InChI=1S/C8H8N2O5S2/c1-10(17(14,15)9-7-11)16(12,13)8-5-3-2-4-6-8/h2-6H,1H3. The van der Waals surface area contributed by atoms with Crippen LogP contribution in [0.5, 0.6) is 0 Å². The molecule has 0 atom stereocenters. The lowest BCUT2D eigenvalue weighted by Crippen LogP contribution is -2.31. The summed E-state index contributed by atoms with van der Waals surface area (Å²) in [7, 11) is -8.03. The maximum atomic E-state index is 11.8. The molecule has 0 amide bonds. The molecule has 0 bridgehead atoms. The van der Waals surface area contributed by atoms with Crippen molar-refractivity contribution in [2.24, 2.45) is 4.40 Å². The normalized spacial score (nSPS) is 12.1. The molecule has 9 heteroatoms. The van der Waals surface area contributed by atoms with Gasteiger partial charge in [-0.3, -0.25) is 0 Å². The van der Waals surface area contributed by atoms with Crippen LogP contribution >= 0.6 is 0 Å². The van der Waals surface area contributed by atoms with Gasteiger partial charge in [0, 0.05) is 7.05 Å². The van der Waals surface area contributed by atoms with Gasteiger partial charge >= 0.3 is 10.2 Å². The summed E-state index contributed by atoms with van der Waals surface area (Å²) in [6.07, 6.45) is 0.793. The van der Waals surface area contributed by atoms with Gasteiger partial charge in [-0.05, 0) is 12.1 Å². The maximum absolute atomic E-state index is 11.8. The number of hydrogen-bond donors (Lipinski definition) is 0. The van der Waals surface area contributed by atoms with Crippen molar-refractivity contribution in [2.75, 3.05) is 7.05 Å². The molecule has 7 nitrogen and oxygen atoms in total. The number of rotatable bonds is 4. The van der Waals surface area contributed by atoms with Gasteiger partial charge in [0.15, 0.2) is 0 Å². The first-order valence-corrected chi connectivity index (χ1v) is 7.04. The van der Waals surface area contributed by atoms with Gasteiger partial charge in [-0.15, -0.1) is 0 Å². The molecule has 0 aliphatic carbocycles. The van der Waals surface area contributed by atoms with Crippen molar-refractivity contribution in [1.29, 1.82) is 0 Å². The summed E-state index contributed by atoms with van der Waals surface area (Å²) in [5.74, 6) is 0. The Balaban J connectivity index is 3.31. The third kappa shape index (κ3) is 2.77. The van der Waals surface area contributed by atoms with Crippen LogP contribution in [0, 0.1) is 0 Å². The molecular weight excluding hydrogens is 268 g/mol. The molecule has 0 spiro atoms. The van der Waals surface area contributed by atoms with Crippen LogP contribution in [0.2, 0.25) is 0 Å². The Morgan fingerprint density at radius 2 is 1.65 bits per heavy atom. The van der Waals surface area contributed by atoms with Gasteiger partial charge in [0.2, 0.25) is 0 Å². The third-order valence-corrected chi connectivity index (χ3v) is 5.51. The van der Waals surface area contributed by atoms with Gasteiger partial charge < -0.3 is 0 Å². The fraction of sp³-hybridized carbons (Fsp3) is 0.125. The summed E-state index contributed by atoms with van der Waals surface area (Å²) < 4.78 is 48.6. The lowest BCUT2D eigenvalue weighted by Gasteiger charge is -2.13. The summed E-state index contributed by atoms with van der Waals surface area (Å²) in [6, 6.07) is 6.92. The molecule has 1 aromatic carbocycles. The molecule has 0 saturated heterocycles. The van der Waals surface area contributed by atoms with E-state index in [9.17, 15) is 21.6 Å². The van der Waals surface area contributed by atoms with Gasteiger partial charge in [0.25, 0.3) is 16.1 Å². The minimum atomic E-state index is -4.57. The first-order valence-electron chi connectivity index (χ1n) is 4.20. The maximum Gasteiger partial charge on any atom is 0.345 e. The van der Waals surface area contributed by atoms with Crippen molar-refractivity contribution in [1.82, 2.24) is 3.71 Å². The summed E-state index contributed by atoms with van der Waals surface area (Å²) in [6.45, 7) is 0. The molecule has 0 aliphatic heterocycles. The van der Waals surface area contributed by atoms with Crippen LogP contribution in [0.4, 0.5) is 0 Å². The number of carbonyl (C=O) groups excluding carboxylic acids is 1. The Bertz CT molecular complexity index is 644. The van der Waals surface area contributed by atoms with E-state index in [2.05, 4.69) is 4.40 Å². The van der Waals surface area contributed by atoms with Gasteiger partial charge in [-0.1, -0.05) is 26.3 Å². The second-order valence-corrected chi connectivity index (χ2v) is 6.68. The summed E-state index contributed by atoms with van der Waals surface area (Å²) >= 11 is 0. The predicted molar refractivity (Wildman–Crippen MR) is 58.4 cm³/mol. The highest BCUT2D eigenvalue weighted by molar-refractivity contribution is 8.03. The van der Waals surface area contributed by atoms with Crippen LogP contribution in [0.1, 0.15) is 0 Å². The molecule has 0 saturated carbocycles. The molecule has 0 radical (unpaired) electrons. The van der Waals surface area contributed by atoms with E-state index in [0.717, 1.165) is 13.1 Å². The molecule has 0 N–H and O–H groups in total. The topological polar surface area (TPSA) is 101 Å². The average Bonchev–Trinajstić information content (AvgIpc) is 2.29. The molecule has 0 aromatic heterocycles. The van der Waals surface area contributed by atoms with Crippen molar-refractivity contribution in [3.05, 3.63) is 30.3 Å². The Morgan fingerprint density at radius 1 is 1.12 bits per heavy atom. The summed E-state index contributed by atoms with van der Waals surface area (Å²) in [5.41, 5.74) is 0. The second-order valence-electron chi connectivity index (χ2n) is 2.86. The van der Waals surface area contributed by atoms with Crippen molar-refractivity contribution < 1.29 is 21.6 Å².